The molecule has 1 unspecified atom stereocenters. The third-order valence-corrected chi connectivity index (χ3v) is 7.53. The Hall–Kier alpha value is -2.77. The van der Waals surface area contributed by atoms with E-state index in [9.17, 15) is 18.0 Å². The molecule has 1 aromatic carbocycles. The van der Waals surface area contributed by atoms with E-state index in [-0.39, 0.29) is 18.9 Å². The van der Waals surface area contributed by atoms with Crippen LogP contribution >= 0.6 is 0 Å². The fourth-order valence-electron chi connectivity index (χ4n) is 5.81. The maximum atomic E-state index is 13.9. The smallest absolute Gasteiger partial charge is 0.385 e. The van der Waals surface area contributed by atoms with Gasteiger partial charge in [-0.05, 0) is 62.1 Å². The number of imidazole rings is 1. The van der Waals surface area contributed by atoms with Crippen LogP contribution in [0.4, 0.5) is 18.9 Å². The maximum Gasteiger partial charge on any atom is 0.389 e. The van der Waals surface area contributed by atoms with Crippen LogP contribution < -0.4 is 10.2 Å². The lowest BCUT2D eigenvalue weighted by molar-refractivity contribution is -0.136. The molecule has 33 heavy (non-hydrogen) atoms. The molecule has 8 heteroatoms. The lowest BCUT2D eigenvalue weighted by Crippen LogP contribution is -2.60. The van der Waals surface area contributed by atoms with Crippen LogP contribution in [0.25, 0.3) is 0 Å². The largest absolute Gasteiger partial charge is 0.389 e. The van der Waals surface area contributed by atoms with Crippen molar-refractivity contribution in [2.24, 2.45) is 0 Å². The van der Waals surface area contributed by atoms with E-state index < -0.39 is 18.0 Å². The molecule has 2 aromatic rings. The molecule has 0 bridgehead atoms. The first-order valence-electron chi connectivity index (χ1n) is 11.9. The minimum atomic E-state index is -4.17. The Bertz CT molecular complexity index is 1160. The predicted octanol–water partition coefficient (Wildman–Crippen LogP) is 4.54. The van der Waals surface area contributed by atoms with Crippen LogP contribution in [0.15, 0.2) is 35.5 Å². The zero-order valence-corrected chi connectivity index (χ0v) is 18.5. The van der Waals surface area contributed by atoms with Crippen LogP contribution in [0.5, 0.6) is 0 Å². The molecule has 5 nitrogen and oxygen atoms in total. The van der Waals surface area contributed by atoms with Crippen LogP contribution in [0.1, 0.15) is 61.3 Å². The van der Waals surface area contributed by atoms with Crippen molar-refractivity contribution < 1.29 is 18.0 Å². The molecule has 1 aromatic heterocycles. The highest BCUT2D eigenvalue weighted by Crippen LogP contribution is 2.53. The molecule has 0 radical (unpaired) electrons. The van der Waals surface area contributed by atoms with E-state index in [4.69, 9.17) is 4.98 Å². The van der Waals surface area contributed by atoms with Gasteiger partial charge in [-0.25, -0.2) is 4.98 Å². The molecular formula is C25H27F3N4O. The van der Waals surface area contributed by atoms with E-state index in [1.54, 1.807) is 0 Å². The molecule has 1 saturated heterocycles. The number of anilines is 1. The van der Waals surface area contributed by atoms with Crippen LogP contribution in [-0.4, -0.2) is 28.2 Å². The predicted molar refractivity (Wildman–Crippen MR) is 118 cm³/mol. The molecule has 6 rings (SSSR count). The van der Waals surface area contributed by atoms with Crippen molar-refractivity contribution in [1.82, 2.24) is 14.9 Å². The minimum Gasteiger partial charge on any atom is -0.385 e. The van der Waals surface area contributed by atoms with Gasteiger partial charge in [-0.15, -0.1) is 0 Å². The molecule has 3 heterocycles. The number of allylic oxidation sites excluding steroid dienone is 1. The Morgan fingerprint density at radius 2 is 1.88 bits per heavy atom. The number of hydrogen-bond donors (Lipinski definition) is 1. The van der Waals surface area contributed by atoms with E-state index in [0.717, 1.165) is 66.9 Å². The minimum absolute atomic E-state index is 0.0218. The van der Waals surface area contributed by atoms with Gasteiger partial charge in [0.1, 0.15) is 11.2 Å². The Balaban J connectivity index is 1.35. The highest BCUT2D eigenvalue weighted by atomic mass is 19.4. The third-order valence-electron chi connectivity index (χ3n) is 7.53. The zero-order chi connectivity index (χ0) is 22.8. The van der Waals surface area contributed by atoms with Crippen molar-refractivity contribution in [3.05, 3.63) is 58.3 Å². The van der Waals surface area contributed by atoms with Gasteiger partial charge in [0.05, 0.1) is 12.2 Å². The summed E-state index contributed by atoms with van der Waals surface area (Å²) in [6.07, 6.45) is 0.876. The van der Waals surface area contributed by atoms with Gasteiger partial charge in [0, 0.05) is 36.6 Å². The Kier molecular flexibility index (Phi) is 4.65. The molecule has 1 spiro atoms. The van der Waals surface area contributed by atoms with Crippen LogP contribution in [-0.2, 0) is 36.1 Å². The van der Waals surface area contributed by atoms with E-state index >= 15 is 0 Å². The van der Waals surface area contributed by atoms with Crippen molar-refractivity contribution in [3.63, 3.8) is 0 Å². The second kappa shape index (κ2) is 7.37. The summed E-state index contributed by atoms with van der Waals surface area (Å²) in [5, 5.41) is 3.39. The number of amides is 1. The lowest BCUT2D eigenvalue weighted by atomic mass is 9.72. The first-order chi connectivity index (χ1) is 15.9. The topological polar surface area (TPSA) is 50.2 Å². The van der Waals surface area contributed by atoms with E-state index in [0.29, 0.717) is 18.9 Å². The second-order valence-electron chi connectivity index (χ2n) is 9.64. The molecule has 2 aliphatic carbocycles. The zero-order valence-electron chi connectivity index (χ0n) is 18.5. The SMILES string of the molecule is O=C1N(Cc2nc3c(n2CCCC(F)(F)F)CCCC3)c2ccccc2C12CNC2=C1CC1. The fraction of sp³-hybridized carbons (Fsp3) is 0.520. The first kappa shape index (κ1) is 20.8. The van der Waals surface area contributed by atoms with Crippen LogP contribution in [0.3, 0.4) is 0 Å². The summed E-state index contributed by atoms with van der Waals surface area (Å²) in [5.74, 6) is 0.761. The van der Waals surface area contributed by atoms with Crippen LogP contribution in [0.2, 0.25) is 0 Å². The normalized spacial score (nSPS) is 23.5. The van der Waals surface area contributed by atoms with Gasteiger partial charge in [0.25, 0.3) is 0 Å². The van der Waals surface area contributed by atoms with Crippen molar-refractivity contribution in [1.29, 1.82) is 0 Å². The number of aryl methyl sites for hydroxylation is 1. The number of benzene rings is 1. The molecule has 2 fully saturated rings. The Morgan fingerprint density at radius 3 is 2.61 bits per heavy atom. The van der Waals surface area contributed by atoms with E-state index in [1.807, 2.05) is 33.7 Å². The summed E-state index contributed by atoms with van der Waals surface area (Å²) in [6, 6.07) is 7.93. The average Bonchev–Trinajstić information content (AvgIpc) is 3.47. The van der Waals surface area contributed by atoms with E-state index in [1.165, 1.54) is 5.57 Å². The fourth-order valence-corrected chi connectivity index (χ4v) is 5.81. The second-order valence-corrected chi connectivity index (χ2v) is 9.64. The number of rotatable bonds is 5. The number of nitrogens with zero attached hydrogens (tertiary/aromatic N) is 3. The Labute approximate surface area is 190 Å². The summed E-state index contributed by atoms with van der Waals surface area (Å²) in [6.45, 7) is 1.16. The van der Waals surface area contributed by atoms with Gasteiger partial charge in [-0.3, -0.25) is 4.79 Å². The molecule has 174 valence electrons. The number of para-hydroxylation sites is 1. The highest BCUT2D eigenvalue weighted by molar-refractivity contribution is 6.11. The number of hydrogen-bond acceptors (Lipinski definition) is 3. The summed E-state index contributed by atoms with van der Waals surface area (Å²) in [7, 11) is 0. The van der Waals surface area contributed by atoms with E-state index in [2.05, 4.69) is 5.32 Å². The highest BCUT2D eigenvalue weighted by Gasteiger charge is 2.59. The van der Waals surface area contributed by atoms with Crippen molar-refractivity contribution in [3.8, 4) is 0 Å². The van der Waals surface area contributed by atoms with Gasteiger partial charge in [-0.1, -0.05) is 18.2 Å². The summed E-state index contributed by atoms with van der Waals surface area (Å²) >= 11 is 0. The lowest BCUT2D eigenvalue weighted by Gasteiger charge is -2.42. The number of alkyl halides is 3. The van der Waals surface area contributed by atoms with Crippen LogP contribution in [0, 0.1) is 0 Å². The average molecular weight is 457 g/mol. The number of fused-ring (bicyclic) bond motifs is 3. The Morgan fingerprint density at radius 1 is 1.09 bits per heavy atom. The number of carbonyl (C=O) groups excluding carboxylic acids is 1. The third kappa shape index (κ3) is 3.28. The van der Waals surface area contributed by atoms with Crippen molar-refractivity contribution in [2.75, 3.05) is 11.4 Å². The summed E-state index contributed by atoms with van der Waals surface area (Å²) < 4.78 is 40.4. The number of carbonyl (C=O) groups is 1. The number of halogens is 3. The number of nitrogens with one attached hydrogen (secondary N) is 1. The van der Waals surface area contributed by atoms with Gasteiger partial charge < -0.3 is 14.8 Å². The molecule has 4 aliphatic rings. The van der Waals surface area contributed by atoms with Gasteiger partial charge in [0.15, 0.2) is 0 Å². The quantitative estimate of drug-likeness (QED) is 0.719. The molecule has 2 aliphatic heterocycles. The standard InChI is InChI=1S/C25H27F3N4O/c26-25(27,28)12-5-13-31-20-9-4-2-7-18(20)30-21(31)14-32-19-8-3-1-6-17(19)24(23(32)33)15-29-22(24)16-10-11-16/h1,3,6,8,29H,2,4-5,7,9-15H2. The first-order valence-corrected chi connectivity index (χ1v) is 11.9. The van der Waals surface area contributed by atoms with Crippen molar-refractivity contribution in [2.45, 2.75) is 76.0 Å². The maximum absolute atomic E-state index is 13.9. The molecular weight excluding hydrogens is 429 g/mol. The van der Waals surface area contributed by atoms with Gasteiger partial charge in [0.2, 0.25) is 5.91 Å². The monoisotopic (exact) mass is 456 g/mol. The molecule has 1 amide bonds. The van der Waals surface area contributed by atoms with Gasteiger partial charge in [-0.2, -0.15) is 13.2 Å². The summed E-state index contributed by atoms with van der Waals surface area (Å²) in [4.78, 5) is 20.5. The van der Waals surface area contributed by atoms with Gasteiger partial charge >= 0.3 is 6.18 Å². The number of aromatic nitrogens is 2. The summed E-state index contributed by atoms with van der Waals surface area (Å²) in [5.41, 5.74) is 5.73. The molecule has 1 atom stereocenters. The van der Waals surface area contributed by atoms with Crippen molar-refractivity contribution >= 4 is 11.6 Å². The molecule has 1 saturated carbocycles. The molecule has 1 N–H and O–H groups in total.